The number of nitrogens with one attached hydrogen (secondary N) is 1. The summed E-state index contributed by atoms with van der Waals surface area (Å²) in [7, 11) is 0. The number of rotatable bonds is 6. The number of carbonyl (C=O) groups excluding carboxylic acids is 2. The first-order valence-corrected chi connectivity index (χ1v) is 7.62. The van der Waals surface area contributed by atoms with Crippen LogP contribution in [0.2, 0.25) is 0 Å². The van der Waals surface area contributed by atoms with Crippen molar-refractivity contribution in [1.82, 2.24) is 5.32 Å². The minimum Gasteiger partial charge on any atom is -0.484 e. The second kappa shape index (κ2) is 9.37. The van der Waals surface area contributed by atoms with Crippen molar-refractivity contribution < 1.29 is 14.3 Å². The van der Waals surface area contributed by atoms with Gasteiger partial charge in [0.2, 0.25) is 0 Å². The van der Waals surface area contributed by atoms with E-state index in [0.29, 0.717) is 23.8 Å². The van der Waals surface area contributed by atoms with Crippen LogP contribution in [0.25, 0.3) is 0 Å². The first-order valence-electron chi connectivity index (χ1n) is 7.62. The highest BCUT2D eigenvalue weighted by molar-refractivity contribution is 5.94. The molecule has 0 aliphatic heterocycles. The molecule has 5 N–H and O–H groups in total. The fourth-order valence-corrected chi connectivity index (χ4v) is 2.79. The van der Waals surface area contributed by atoms with E-state index in [-0.39, 0.29) is 31.0 Å². The highest BCUT2D eigenvalue weighted by Crippen LogP contribution is 2.24. The molecule has 0 saturated heterocycles. The van der Waals surface area contributed by atoms with Gasteiger partial charge in [0.05, 0.1) is 0 Å². The molecular formula is C16H24ClN3O3. The predicted octanol–water partition coefficient (Wildman–Crippen LogP) is 1.22. The Morgan fingerprint density at radius 1 is 1.17 bits per heavy atom. The van der Waals surface area contributed by atoms with Gasteiger partial charge in [0.15, 0.2) is 6.61 Å². The zero-order valence-corrected chi connectivity index (χ0v) is 13.8. The van der Waals surface area contributed by atoms with Crippen molar-refractivity contribution in [2.75, 3.05) is 13.2 Å². The summed E-state index contributed by atoms with van der Waals surface area (Å²) in [5.74, 6) is 0.225. The van der Waals surface area contributed by atoms with Crippen molar-refractivity contribution in [3.8, 4) is 5.75 Å². The van der Waals surface area contributed by atoms with Gasteiger partial charge in [0, 0.05) is 11.6 Å². The summed E-state index contributed by atoms with van der Waals surface area (Å²) in [4.78, 5) is 22.9. The van der Waals surface area contributed by atoms with Crippen LogP contribution >= 0.6 is 12.4 Å². The number of amides is 2. The minimum atomic E-state index is -0.535. The van der Waals surface area contributed by atoms with Crippen LogP contribution in [0.15, 0.2) is 24.3 Å². The molecule has 7 heteroatoms. The number of hydrogen-bond acceptors (Lipinski definition) is 4. The molecule has 1 aromatic carbocycles. The Kier molecular flexibility index (Phi) is 7.85. The molecule has 2 amide bonds. The highest BCUT2D eigenvalue weighted by Gasteiger charge is 2.25. The first-order chi connectivity index (χ1) is 10.6. The molecule has 1 saturated carbocycles. The number of carbonyl (C=O) groups is 2. The van der Waals surface area contributed by atoms with Gasteiger partial charge >= 0.3 is 0 Å². The molecule has 0 spiro atoms. The van der Waals surface area contributed by atoms with Gasteiger partial charge in [-0.1, -0.05) is 12.8 Å². The summed E-state index contributed by atoms with van der Waals surface area (Å²) in [6.07, 6.45) is 4.36. The molecule has 2 atom stereocenters. The highest BCUT2D eigenvalue weighted by atomic mass is 35.5. The third-order valence-electron chi connectivity index (χ3n) is 4.03. The lowest BCUT2D eigenvalue weighted by Crippen LogP contribution is -2.44. The zero-order valence-electron chi connectivity index (χ0n) is 13.0. The van der Waals surface area contributed by atoms with E-state index in [1.807, 2.05) is 0 Å². The van der Waals surface area contributed by atoms with E-state index in [9.17, 15) is 9.59 Å². The van der Waals surface area contributed by atoms with E-state index in [2.05, 4.69) is 5.32 Å². The fourth-order valence-electron chi connectivity index (χ4n) is 2.79. The molecular weight excluding hydrogens is 318 g/mol. The van der Waals surface area contributed by atoms with Crippen molar-refractivity contribution in [1.29, 1.82) is 0 Å². The molecule has 6 nitrogen and oxygen atoms in total. The van der Waals surface area contributed by atoms with Crippen LogP contribution in [0.4, 0.5) is 0 Å². The number of nitrogens with two attached hydrogens (primary N) is 2. The summed E-state index contributed by atoms with van der Waals surface area (Å²) < 4.78 is 5.16. The van der Waals surface area contributed by atoms with E-state index < -0.39 is 5.91 Å². The molecule has 1 fully saturated rings. The van der Waals surface area contributed by atoms with Crippen molar-refractivity contribution in [2.45, 2.75) is 31.7 Å². The van der Waals surface area contributed by atoms with Gasteiger partial charge in [0.25, 0.3) is 11.8 Å². The van der Waals surface area contributed by atoms with E-state index in [4.69, 9.17) is 16.2 Å². The Labute approximate surface area is 142 Å². The molecule has 1 aliphatic carbocycles. The fraction of sp³-hybridized carbons (Fsp3) is 0.500. The van der Waals surface area contributed by atoms with Crippen LogP contribution in [0.3, 0.4) is 0 Å². The summed E-state index contributed by atoms with van der Waals surface area (Å²) in [6.45, 7) is 0.427. The lowest BCUT2D eigenvalue weighted by Gasteiger charge is -2.31. The second-order valence-corrected chi connectivity index (χ2v) is 5.64. The van der Waals surface area contributed by atoms with Crippen molar-refractivity contribution in [2.24, 2.45) is 17.4 Å². The summed E-state index contributed by atoms with van der Waals surface area (Å²) >= 11 is 0. The van der Waals surface area contributed by atoms with Gasteiger partial charge in [-0.2, -0.15) is 0 Å². The van der Waals surface area contributed by atoms with E-state index in [1.54, 1.807) is 24.3 Å². The molecule has 2 rings (SSSR count). The summed E-state index contributed by atoms with van der Waals surface area (Å²) in [6, 6.07) is 6.80. The van der Waals surface area contributed by atoms with Gasteiger partial charge in [-0.05, 0) is 49.6 Å². The van der Waals surface area contributed by atoms with Gasteiger partial charge in [-0.25, -0.2) is 0 Å². The van der Waals surface area contributed by atoms with Crippen molar-refractivity contribution >= 4 is 24.2 Å². The third-order valence-corrected chi connectivity index (χ3v) is 4.03. The SMILES string of the molecule is Cl.NCC1CCCCC1NC(=O)c1ccc(OCC(N)=O)cc1. The molecule has 0 heterocycles. The van der Waals surface area contributed by atoms with Gasteiger partial charge in [-0.15, -0.1) is 12.4 Å². The Morgan fingerprint density at radius 3 is 2.43 bits per heavy atom. The zero-order chi connectivity index (χ0) is 15.9. The van der Waals surface area contributed by atoms with Crippen molar-refractivity contribution in [3.05, 3.63) is 29.8 Å². The molecule has 1 aromatic rings. The summed E-state index contributed by atoms with van der Waals surface area (Å²) in [5.41, 5.74) is 11.4. The van der Waals surface area contributed by atoms with E-state index in [1.165, 1.54) is 6.42 Å². The smallest absolute Gasteiger partial charge is 0.255 e. The first kappa shape index (κ1) is 19.3. The summed E-state index contributed by atoms with van der Waals surface area (Å²) in [5, 5.41) is 3.07. The van der Waals surface area contributed by atoms with Crippen LogP contribution in [-0.4, -0.2) is 31.0 Å². The lowest BCUT2D eigenvalue weighted by molar-refractivity contribution is -0.119. The molecule has 1 aliphatic rings. The number of hydrogen-bond donors (Lipinski definition) is 3. The quantitative estimate of drug-likeness (QED) is 0.723. The standard InChI is InChI=1S/C16H23N3O3.ClH/c17-9-12-3-1-2-4-14(12)19-16(21)11-5-7-13(8-6-11)22-10-15(18)20;/h5-8,12,14H,1-4,9-10,17H2,(H2,18,20)(H,19,21);1H. The van der Waals surface area contributed by atoms with Crippen LogP contribution < -0.4 is 21.5 Å². The monoisotopic (exact) mass is 341 g/mol. The average Bonchev–Trinajstić information content (AvgIpc) is 2.54. The van der Waals surface area contributed by atoms with Crippen molar-refractivity contribution in [3.63, 3.8) is 0 Å². The molecule has 23 heavy (non-hydrogen) atoms. The van der Waals surface area contributed by atoms with Crippen LogP contribution in [0, 0.1) is 5.92 Å². The Hall–Kier alpha value is -1.79. The molecule has 2 unspecified atom stereocenters. The maximum atomic E-state index is 12.3. The van der Waals surface area contributed by atoms with Gasteiger partial charge in [0.1, 0.15) is 5.75 Å². The van der Waals surface area contributed by atoms with Gasteiger partial charge in [-0.3, -0.25) is 9.59 Å². The number of halogens is 1. The second-order valence-electron chi connectivity index (χ2n) is 5.64. The third kappa shape index (κ3) is 5.73. The number of primary amides is 1. The minimum absolute atomic E-state index is 0. The number of ether oxygens (including phenoxy) is 1. The Balaban J connectivity index is 0.00000264. The predicted molar refractivity (Wildman–Crippen MR) is 90.6 cm³/mol. The van der Waals surface area contributed by atoms with Crippen LogP contribution in [0.1, 0.15) is 36.0 Å². The molecule has 0 radical (unpaired) electrons. The Morgan fingerprint density at radius 2 is 1.83 bits per heavy atom. The van der Waals surface area contributed by atoms with Gasteiger partial charge < -0.3 is 21.5 Å². The van der Waals surface area contributed by atoms with E-state index in [0.717, 1.165) is 19.3 Å². The molecule has 0 bridgehead atoms. The Bertz CT molecular complexity index is 522. The van der Waals surface area contributed by atoms with Crippen LogP contribution in [0.5, 0.6) is 5.75 Å². The molecule has 0 aromatic heterocycles. The maximum Gasteiger partial charge on any atom is 0.255 e. The largest absolute Gasteiger partial charge is 0.484 e. The van der Waals surface area contributed by atoms with E-state index >= 15 is 0 Å². The normalized spacial score (nSPS) is 20.2. The number of benzene rings is 1. The molecule has 128 valence electrons. The topological polar surface area (TPSA) is 107 Å². The van der Waals surface area contributed by atoms with Crippen LogP contribution in [-0.2, 0) is 4.79 Å². The lowest BCUT2D eigenvalue weighted by atomic mass is 9.84. The average molecular weight is 342 g/mol. The maximum absolute atomic E-state index is 12.3.